The van der Waals surface area contributed by atoms with Gasteiger partial charge in [-0.05, 0) is 102 Å². The van der Waals surface area contributed by atoms with E-state index < -0.39 is 23.7 Å². The highest BCUT2D eigenvalue weighted by atomic mass is 19.4. The molecule has 1 aromatic carbocycles. The summed E-state index contributed by atoms with van der Waals surface area (Å²) >= 11 is 0. The lowest BCUT2D eigenvalue weighted by Gasteiger charge is -2.45. The van der Waals surface area contributed by atoms with Gasteiger partial charge in [0.15, 0.2) is 0 Å². The number of amides is 6. The number of alkyl halides is 3. The molecular weight excluding hydrogens is 940 g/mol. The number of rotatable bonds is 21. The summed E-state index contributed by atoms with van der Waals surface area (Å²) in [6.07, 6.45) is 4.98. The summed E-state index contributed by atoms with van der Waals surface area (Å²) in [5.41, 5.74) is 0.285. The third-order valence-electron chi connectivity index (χ3n) is 14.7. The Bertz CT molecular complexity index is 2370. The summed E-state index contributed by atoms with van der Waals surface area (Å²) in [4.78, 5) is 96.6. The van der Waals surface area contributed by atoms with Gasteiger partial charge in [-0.2, -0.15) is 13.2 Å². The number of hydrogen-bond acceptors (Lipinski definition) is 13. The zero-order valence-corrected chi connectivity index (χ0v) is 41.4. The molecule has 5 N–H and O–H groups in total. The number of pyridine rings is 1. The summed E-state index contributed by atoms with van der Waals surface area (Å²) in [5.74, 6) is -1.96. The van der Waals surface area contributed by atoms with Crippen LogP contribution in [0.3, 0.4) is 0 Å². The quantitative estimate of drug-likeness (QED) is 0.0967. The highest BCUT2D eigenvalue weighted by Gasteiger charge is 2.45. The van der Waals surface area contributed by atoms with Gasteiger partial charge in [0.2, 0.25) is 35.4 Å². The molecule has 2 aliphatic heterocycles. The first kappa shape index (κ1) is 53.8. The molecule has 72 heavy (non-hydrogen) atoms. The average Bonchev–Trinajstić information content (AvgIpc) is 3.88. The molecule has 0 unspecified atom stereocenters. The molecule has 0 bridgehead atoms. The number of fused-ring (bicyclic) bond motifs is 1. The topological polar surface area (TPSA) is 229 Å². The number of carbonyl (C=O) groups excluding carboxylic acids is 6. The lowest BCUT2D eigenvalue weighted by Crippen LogP contribution is -2.59. The second-order valence-corrected chi connectivity index (χ2v) is 19.6. The SMILES string of the molecule is CC(C)N(C)[C@@H]1CC[C@H](N2CC[C@H](Nc3ncnc4ccc(C(F)(F)F)cc34)C2=O)[C@H](NC(=O)C2CCC(NC(=O)CNC(=O)CCOCCOCCNC(=O)[C@H]3CC(=O)N(C)[C@@H]3c3cccnc3)CC2)C1. The lowest BCUT2D eigenvalue weighted by molar-refractivity contribution is -0.137. The first-order valence-electron chi connectivity index (χ1n) is 25.0. The lowest BCUT2D eigenvalue weighted by atomic mass is 9.82. The van der Waals surface area contributed by atoms with E-state index >= 15 is 0 Å². The van der Waals surface area contributed by atoms with Gasteiger partial charge in [0.1, 0.15) is 18.2 Å². The number of aromatic nitrogens is 3. The van der Waals surface area contributed by atoms with Crippen molar-refractivity contribution < 1.29 is 51.4 Å². The van der Waals surface area contributed by atoms with Gasteiger partial charge in [0, 0.05) is 74.8 Å². The number of likely N-dealkylation sites (tertiary alicyclic amines) is 2. The first-order valence-corrected chi connectivity index (χ1v) is 25.0. The summed E-state index contributed by atoms with van der Waals surface area (Å²) < 4.78 is 51.8. The van der Waals surface area contributed by atoms with Crippen LogP contribution in [0.25, 0.3) is 10.9 Å². The molecule has 2 aliphatic carbocycles. The maximum Gasteiger partial charge on any atom is 0.416 e. The maximum atomic E-state index is 14.1. The third kappa shape index (κ3) is 13.7. The Labute approximate surface area is 417 Å². The van der Waals surface area contributed by atoms with E-state index in [-0.39, 0.29) is 141 Å². The summed E-state index contributed by atoms with van der Waals surface area (Å²) in [6.45, 7) is 5.55. The minimum Gasteiger partial charge on any atom is -0.379 e. The van der Waals surface area contributed by atoms with E-state index in [1.165, 1.54) is 12.4 Å². The van der Waals surface area contributed by atoms with E-state index in [4.69, 9.17) is 9.47 Å². The van der Waals surface area contributed by atoms with Crippen LogP contribution in [-0.4, -0.2) is 162 Å². The number of benzene rings is 1. The van der Waals surface area contributed by atoms with Gasteiger partial charge in [-0.15, -0.1) is 0 Å². The monoisotopic (exact) mass is 1010 g/mol. The molecule has 22 heteroatoms. The molecule has 7 rings (SSSR count). The molecule has 2 saturated heterocycles. The largest absolute Gasteiger partial charge is 0.416 e. The van der Waals surface area contributed by atoms with Gasteiger partial charge < -0.3 is 50.8 Å². The van der Waals surface area contributed by atoms with Crippen LogP contribution in [-0.2, 0) is 44.4 Å². The number of ether oxygens (including phenoxy) is 2. The molecule has 2 aromatic heterocycles. The fourth-order valence-corrected chi connectivity index (χ4v) is 10.5. The average molecular weight is 1010 g/mol. The number of anilines is 1. The van der Waals surface area contributed by atoms with Crippen molar-refractivity contribution in [3.63, 3.8) is 0 Å². The molecule has 4 heterocycles. The van der Waals surface area contributed by atoms with E-state index in [0.717, 1.165) is 24.1 Å². The number of nitrogens with one attached hydrogen (secondary N) is 5. The van der Waals surface area contributed by atoms with Crippen molar-refractivity contribution in [2.24, 2.45) is 11.8 Å². The van der Waals surface area contributed by atoms with Gasteiger partial charge >= 0.3 is 6.18 Å². The highest BCUT2D eigenvalue weighted by Crippen LogP contribution is 2.38. The van der Waals surface area contributed by atoms with Crippen molar-refractivity contribution in [1.82, 2.24) is 50.9 Å². The molecule has 392 valence electrons. The number of nitrogens with zero attached hydrogens (tertiary/aromatic N) is 6. The van der Waals surface area contributed by atoms with Crippen molar-refractivity contribution in [2.75, 3.05) is 65.5 Å². The minimum atomic E-state index is -4.56. The summed E-state index contributed by atoms with van der Waals surface area (Å²) in [7, 11) is 3.75. The summed E-state index contributed by atoms with van der Waals surface area (Å²) in [5, 5.41) is 15.1. The molecule has 4 aliphatic rings. The molecule has 0 radical (unpaired) electrons. The van der Waals surface area contributed by atoms with Gasteiger partial charge in [-0.1, -0.05) is 6.07 Å². The van der Waals surface area contributed by atoms with Crippen LogP contribution in [0, 0.1) is 11.8 Å². The zero-order chi connectivity index (χ0) is 51.5. The molecule has 6 amide bonds. The number of carbonyl (C=O) groups is 6. The Morgan fingerprint density at radius 3 is 2.38 bits per heavy atom. The first-order chi connectivity index (χ1) is 34.5. The minimum absolute atomic E-state index is 0.0471. The van der Waals surface area contributed by atoms with Crippen LogP contribution < -0.4 is 26.6 Å². The maximum absolute atomic E-state index is 14.1. The van der Waals surface area contributed by atoms with Crippen molar-refractivity contribution in [1.29, 1.82) is 0 Å². The Morgan fingerprint density at radius 2 is 1.65 bits per heavy atom. The van der Waals surface area contributed by atoms with E-state index in [0.29, 0.717) is 57.0 Å². The second-order valence-electron chi connectivity index (χ2n) is 19.6. The van der Waals surface area contributed by atoms with Gasteiger partial charge in [0.25, 0.3) is 0 Å². The predicted octanol–water partition coefficient (Wildman–Crippen LogP) is 3.35. The molecule has 4 fully saturated rings. The van der Waals surface area contributed by atoms with E-state index in [1.807, 2.05) is 11.0 Å². The van der Waals surface area contributed by atoms with Gasteiger partial charge in [-0.25, -0.2) is 9.97 Å². The fraction of sp³-hybridized carbons (Fsp3) is 0.620. The fourth-order valence-electron chi connectivity index (χ4n) is 10.5. The van der Waals surface area contributed by atoms with Crippen LogP contribution in [0.1, 0.15) is 95.2 Å². The van der Waals surface area contributed by atoms with E-state index in [2.05, 4.69) is 67.3 Å². The number of hydrogen-bond donors (Lipinski definition) is 5. The molecule has 19 nitrogen and oxygen atoms in total. The van der Waals surface area contributed by atoms with Crippen LogP contribution in [0.2, 0.25) is 0 Å². The number of halogens is 3. The van der Waals surface area contributed by atoms with Crippen LogP contribution in [0.4, 0.5) is 19.0 Å². The molecule has 6 atom stereocenters. The predicted molar refractivity (Wildman–Crippen MR) is 259 cm³/mol. The van der Waals surface area contributed by atoms with Crippen LogP contribution >= 0.6 is 0 Å². The van der Waals surface area contributed by atoms with Crippen molar-refractivity contribution in [3.05, 3.63) is 60.2 Å². The Hall–Kier alpha value is -6.00. The molecule has 3 aromatic rings. The van der Waals surface area contributed by atoms with Gasteiger partial charge in [-0.3, -0.25) is 33.8 Å². The second kappa shape index (κ2) is 24.6. The third-order valence-corrected chi connectivity index (χ3v) is 14.7. The normalized spacial score (nSPS) is 24.7. The molecule has 2 saturated carbocycles. The van der Waals surface area contributed by atoms with Gasteiger partial charge in [0.05, 0.1) is 68.1 Å². The van der Waals surface area contributed by atoms with Crippen LogP contribution in [0.5, 0.6) is 0 Å². The highest BCUT2D eigenvalue weighted by molar-refractivity contribution is 5.94. The van der Waals surface area contributed by atoms with Crippen molar-refractivity contribution >= 4 is 52.2 Å². The van der Waals surface area contributed by atoms with Crippen LogP contribution in [0.15, 0.2) is 49.1 Å². The van der Waals surface area contributed by atoms with E-state index in [1.54, 1.807) is 30.4 Å². The Balaban J connectivity index is 0.786. The van der Waals surface area contributed by atoms with Crippen molar-refractivity contribution in [3.8, 4) is 0 Å². The zero-order valence-electron chi connectivity index (χ0n) is 41.4. The smallest absolute Gasteiger partial charge is 0.379 e. The summed E-state index contributed by atoms with van der Waals surface area (Å²) in [6, 6.07) is 5.46. The molecule has 0 spiro atoms. The standard InChI is InChI=1S/C50H68F3N11O8/c1-30(2)62(3)35-12-14-41(64-19-15-39(49(64)70)60-46-36-24-33(50(51,52)53)9-13-38(36)57-29-58-46)40(25-35)61-47(68)31-7-10-34(11-8-31)59-43(66)28-56-42(65)16-20-71-22-23-72-21-18-55-48(69)37-26-44(67)63(4)45(37)32-6-5-17-54-27-32/h5-6,9,13,17,24,27,29-31,34-35,37,39-41,45H,7-8,10-12,14-16,18-23,25-26,28H2,1-4H3,(H,55,69)(H,56,65)(H,59,66)(H,61,68)(H,57,58,60)/t31?,34?,35-,37+,39+,40-,41+,45-/m1/s1. The Kier molecular flexibility index (Phi) is 18.4. The molecular formula is C50H68F3N11O8. The van der Waals surface area contributed by atoms with E-state index in [9.17, 15) is 41.9 Å². The Morgan fingerprint density at radius 1 is 0.889 bits per heavy atom. The van der Waals surface area contributed by atoms with Crippen molar-refractivity contribution in [2.45, 2.75) is 127 Å².